The molecule has 1 spiro atoms. The van der Waals surface area contributed by atoms with Gasteiger partial charge in [-0.15, -0.1) is 0 Å². The van der Waals surface area contributed by atoms with Crippen molar-refractivity contribution in [3.8, 4) is 0 Å². The first-order valence-corrected chi connectivity index (χ1v) is 10.5. The summed E-state index contributed by atoms with van der Waals surface area (Å²) in [5.41, 5.74) is 4.64. The van der Waals surface area contributed by atoms with Crippen LogP contribution in [0.3, 0.4) is 0 Å². The molecule has 1 saturated heterocycles. The lowest BCUT2D eigenvalue weighted by atomic mass is 9.86. The van der Waals surface area contributed by atoms with E-state index in [-0.39, 0.29) is 13.2 Å². The summed E-state index contributed by atoms with van der Waals surface area (Å²) >= 11 is 6.54. The molecule has 5 atom stereocenters. The van der Waals surface area contributed by atoms with Crippen LogP contribution in [0.4, 0.5) is 0 Å². The molecular formula is C23H27ClO6. The third-order valence-corrected chi connectivity index (χ3v) is 6.37. The zero-order chi connectivity index (χ0) is 21.5. The van der Waals surface area contributed by atoms with Gasteiger partial charge in [0.25, 0.3) is 0 Å². The molecule has 0 aliphatic carbocycles. The van der Waals surface area contributed by atoms with Crippen molar-refractivity contribution in [3.05, 3.63) is 69.2 Å². The van der Waals surface area contributed by atoms with Crippen LogP contribution in [0.25, 0.3) is 0 Å². The van der Waals surface area contributed by atoms with E-state index in [0.717, 1.165) is 23.1 Å². The summed E-state index contributed by atoms with van der Waals surface area (Å²) in [4.78, 5) is 0. The fourth-order valence-corrected chi connectivity index (χ4v) is 4.50. The molecule has 0 aromatic heterocycles. The topological polar surface area (TPSA) is 88.4 Å². The van der Waals surface area contributed by atoms with Gasteiger partial charge in [-0.3, -0.25) is 0 Å². The molecular weight excluding hydrogens is 408 g/mol. The number of methoxy groups -OCH3 is 1. The number of halogens is 1. The first kappa shape index (κ1) is 21.7. The highest BCUT2D eigenvalue weighted by molar-refractivity contribution is 6.31. The van der Waals surface area contributed by atoms with E-state index in [4.69, 9.17) is 25.8 Å². The van der Waals surface area contributed by atoms with Crippen molar-refractivity contribution in [1.82, 2.24) is 0 Å². The van der Waals surface area contributed by atoms with Crippen molar-refractivity contribution in [2.45, 2.75) is 56.6 Å². The molecule has 3 N–H and O–H groups in total. The maximum absolute atomic E-state index is 10.8. The maximum atomic E-state index is 10.8. The van der Waals surface area contributed by atoms with Crippen molar-refractivity contribution >= 4 is 11.6 Å². The summed E-state index contributed by atoms with van der Waals surface area (Å²) in [6.45, 7) is 2.35. The van der Waals surface area contributed by atoms with Crippen LogP contribution in [0.2, 0.25) is 5.02 Å². The normalized spacial score (nSPS) is 30.6. The second-order valence-corrected chi connectivity index (χ2v) is 8.35. The van der Waals surface area contributed by atoms with Gasteiger partial charge >= 0.3 is 0 Å². The largest absolute Gasteiger partial charge is 0.387 e. The Kier molecular flexibility index (Phi) is 6.19. The average Bonchev–Trinajstić information content (AvgIpc) is 3.09. The standard InChI is InChI=1S/C23H27ClO6/c1-3-13-4-6-14(7-5-13)8-15-9-17-16(10-18(15)24)11-29-23(17)22(27)21(26)20(25)19(30-23)12-28-2/h4-7,9-10,19-22,25-27H,3,8,11-12H2,1-2H3. The Morgan fingerprint density at radius 2 is 1.80 bits per heavy atom. The van der Waals surface area contributed by atoms with Crippen LogP contribution >= 0.6 is 11.6 Å². The molecule has 30 heavy (non-hydrogen) atoms. The summed E-state index contributed by atoms with van der Waals surface area (Å²) in [7, 11) is 1.48. The molecule has 6 nitrogen and oxygen atoms in total. The summed E-state index contributed by atoms with van der Waals surface area (Å²) in [6, 6.07) is 12.0. The van der Waals surface area contributed by atoms with Gasteiger partial charge in [-0.1, -0.05) is 42.8 Å². The molecule has 162 valence electrons. The molecule has 5 unspecified atom stereocenters. The van der Waals surface area contributed by atoms with Gasteiger partial charge in [0.2, 0.25) is 5.79 Å². The SMILES string of the molecule is CCc1ccc(Cc2cc3c(cc2Cl)COC32OC(COC)C(O)C(O)C2O)cc1. The number of ether oxygens (including phenoxy) is 3. The fraction of sp³-hybridized carbons (Fsp3) is 0.478. The minimum atomic E-state index is -1.58. The molecule has 7 heteroatoms. The van der Waals surface area contributed by atoms with Gasteiger partial charge in [0.15, 0.2) is 0 Å². The van der Waals surface area contributed by atoms with Crippen LogP contribution in [-0.2, 0) is 39.4 Å². The van der Waals surface area contributed by atoms with Crippen molar-refractivity contribution in [1.29, 1.82) is 0 Å². The first-order chi connectivity index (χ1) is 14.4. The minimum absolute atomic E-state index is 0.0512. The van der Waals surface area contributed by atoms with Crippen LogP contribution in [0.5, 0.6) is 0 Å². The predicted octanol–water partition coefficient (Wildman–Crippen LogP) is 2.30. The van der Waals surface area contributed by atoms with Gasteiger partial charge in [-0.2, -0.15) is 0 Å². The second-order valence-electron chi connectivity index (χ2n) is 7.94. The van der Waals surface area contributed by atoms with Crippen LogP contribution in [-0.4, -0.2) is 53.5 Å². The number of hydrogen-bond acceptors (Lipinski definition) is 6. The highest BCUT2D eigenvalue weighted by atomic mass is 35.5. The third kappa shape index (κ3) is 3.67. The smallest absolute Gasteiger partial charge is 0.225 e. The number of fused-ring (bicyclic) bond motifs is 2. The molecule has 0 amide bonds. The average molecular weight is 435 g/mol. The minimum Gasteiger partial charge on any atom is -0.387 e. The van der Waals surface area contributed by atoms with E-state index in [2.05, 4.69) is 31.2 Å². The van der Waals surface area contributed by atoms with Crippen LogP contribution < -0.4 is 0 Å². The van der Waals surface area contributed by atoms with Gasteiger partial charge in [-0.05, 0) is 47.2 Å². The molecule has 2 aromatic rings. The van der Waals surface area contributed by atoms with Crippen molar-refractivity contribution < 1.29 is 29.5 Å². The number of aliphatic hydroxyl groups excluding tert-OH is 3. The predicted molar refractivity (Wildman–Crippen MR) is 111 cm³/mol. The summed E-state index contributed by atoms with van der Waals surface area (Å²) < 4.78 is 17.0. The van der Waals surface area contributed by atoms with E-state index in [1.165, 1.54) is 12.7 Å². The lowest BCUT2D eigenvalue weighted by Crippen LogP contribution is -2.63. The molecule has 0 radical (unpaired) electrons. The van der Waals surface area contributed by atoms with E-state index < -0.39 is 30.2 Å². The van der Waals surface area contributed by atoms with Crippen LogP contribution in [0.1, 0.15) is 34.7 Å². The lowest BCUT2D eigenvalue weighted by Gasteiger charge is -2.46. The Labute approximate surface area is 181 Å². The zero-order valence-corrected chi connectivity index (χ0v) is 17.8. The van der Waals surface area contributed by atoms with Gasteiger partial charge in [0.05, 0.1) is 13.2 Å². The zero-order valence-electron chi connectivity index (χ0n) is 17.0. The molecule has 0 saturated carbocycles. The van der Waals surface area contributed by atoms with Crippen LogP contribution in [0.15, 0.2) is 36.4 Å². The molecule has 0 bridgehead atoms. The monoisotopic (exact) mass is 434 g/mol. The number of hydrogen-bond donors (Lipinski definition) is 3. The van der Waals surface area contributed by atoms with Gasteiger partial charge in [0, 0.05) is 17.7 Å². The van der Waals surface area contributed by atoms with E-state index in [1.54, 1.807) is 0 Å². The third-order valence-electron chi connectivity index (χ3n) is 6.02. The summed E-state index contributed by atoms with van der Waals surface area (Å²) in [5.74, 6) is -1.58. The number of aliphatic hydroxyl groups is 3. The van der Waals surface area contributed by atoms with E-state index >= 15 is 0 Å². The Bertz CT molecular complexity index is 901. The summed E-state index contributed by atoms with van der Waals surface area (Å²) in [6.07, 6.45) is -3.45. The highest BCUT2D eigenvalue weighted by Crippen LogP contribution is 2.47. The molecule has 2 heterocycles. The Hall–Kier alpha value is -1.51. The quantitative estimate of drug-likeness (QED) is 0.669. The first-order valence-electron chi connectivity index (χ1n) is 10.1. The number of benzene rings is 2. The molecule has 2 aliphatic rings. The number of aryl methyl sites for hydroxylation is 1. The van der Waals surface area contributed by atoms with Gasteiger partial charge < -0.3 is 29.5 Å². The van der Waals surface area contributed by atoms with Crippen molar-refractivity contribution in [2.75, 3.05) is 13.7 Å². The molecule has 1 fully saturated rings. The molecule has 2 aliphatic heterocycles. The number of rotatable bonds is 5. The molecule has 4 rings (SSSR count). The lowest BCUT2D eigenvalue weighted by molar-refractivity contribution is -0.369. The summed E-state index contributed by atoms with van der Waals surface area (Å²) in [5, 5.41) is 32.1. The Balaban J connectivity index is 1.70. The second kappa shape index (κ2) is 8.55. The van der Waals surface area contributed by atoms with E-state index in [1.807, 2.05) is 12.1 Å². The van der Waals surface area contributed by atoms with Gasteiger partial charge in [0.1, 0.15) is 24.4 Å². The fourth-order valence-electron chi connectivity index (χ4n) is 4.25. The van der Waals surface area contributed by atoms with Crippen molar-refractivity contribution in [3.63, 3.8) is 0 Å². The van der Waals surface area contributed by atoms with Crippen molar-refractivity contribution in [2.24, 2.45) is 0 Å². The Morgan fingerprint density at radius 1 is 1.10 bits per heavy atom. The Morgan fingerprint density at radius 3 is 2.47 bits per heavy atom. The molecule has 2 aromatic carbocycles. The maximum Gasteiger partial charge on any atom is 0.225 e. The van der Waals surface area contributed by atoms with Crippen LogP contribution in [0, 0.1) is 0 Å². The highest BCUT2D eigenvalue weighted by Gasteiger charge is 2.58. The van der Waals surface area contributed by atoms with E-state index in [9.17, 15) is 15.3 Å². The van der Waals surface area contributed by atoms with Gasteiger partial charge in [-0.25, -0.2) is 0 Å². The van der Waals surface area contributed by atoms with E-state index in [0.29, 0.717) is 17.0 Å².